The van der Waals surface area contributed by atoms with Crippen molar-refractivity contribution in [3.05, 3.63) is 0 Å². The molecule has 0 aromatic carbocycles. The molecule has 3 N–H and O–H groups in total. The van der Waals surface area contributed by atoms with E-state index in [1.165, 1.54) is 0 Å². The van der Waals surface area contributed by atoms with E-state index in [1.807, 2.05) is 13.8 Å². The summed E-state index contributed by atoms with van der Waals surface area (Å²) in [5.41, 5.74) is 0. The van der Waals surface area contributed by atoms with Crippen LogP contribution in [0.15, 0.2) is 0 Å². The normalized spacial score (nSPS) is 15.8. The van der Waals surface area contributed by atoms with Crippen molar-refractivity contribution >= 4 is 5.91 Å². The Morgan fingerprint density at radius 1 is 1.33 bits per heavy atom. The van der Waals surface area contributed by atoms with Crippen molar-refractivity contribution in [2.75, 3.05) is 7.05 Å². The fourth-order valence-electron chi connectivity index (χ4n) is 0.949. The number of aliphatic hydroxyl groups excluding tert-OH is 1. The van der Waals surface area contributed by atoms with Crippen LogP contribution in [0.1, 0.15) is 20.8 Å². The summed E-state index contributed by atoms with van der Waals surface area (Å²) in [6, 6.07) is -0.336. The molecule has 72 valence electrons. The van der Waals surface area contributed by atoms with Crippen molar-refractivity contribution in [3.8, 4) is 0 Å². The second-order valence-corrected chi connectivity index (χ2v) is 3.15. The van der Waals surface area contributed by atoms with E-state index >= 15 is 0 Å². The molecule has 0 aliphatic heterocycles. The van der Waals surface area contributed by atoms with E-state index in [4.69, 9.17) is 0 Å². The second-order valence-electron chi connectivity index (χ2n) is 3.15. The fourth-order valence-corrected chi connectivity index (χ4v) is 0.949. The Morgan fingerprint density at radius 2 is 1.83 bits per heavy atom. The van der Waals surface area contributed by atoms with Gasteiger partial charge in [-0.3, -0.25) is 4.79 Å². The molecule has 0 aromatic heterocycles. The lowest BCUT2D eigenvalue weighted by molar-refractivity contribution is -0.125. The Hall–Kier alpha value is -0.610. The first kappa shape index (κ1) is 11.4. The molecule has 0 spiro atoms. The SMILES string of the molecule is CNC(=O)[C@@H](NC(C)C)[C@@H](C)O. The van der Waals surface area contributed by atoms with Gasteiger partial charge in [-0.25, -0.2) is 0 Å². The van der Waals surface area contributed by atoms with E-state index in [0.29, 0.717) is 0 Å². The van der Waals surface area contributed by atoms with Crippen LogP contribution in [0.5, 0.6) is 0 Å². The summed E-state index contributed by atoms with van der Waals surface area (Å²) in [7, 11) is 1.56. The van der Waals surface area contributed by atoms with Gasteiger partial charge in [0.05, 0.1) is 6.10 Å². The van der Waals surface area contributed by atoms with Gasteiger partial charge in [-0.15, -0.1) is 0 Å². The summed E-state index contributed by atoms with van der Waals surface area (Å²) >= 11 is 0. The molecule has 0 heterocycles. The maximum Gasteiger partial charge on any atom is 0.239 e. The Kier molecular flexibility index (Phi) is 4.85. The summed E-state index contributed by atoms with van der Waals surface area (Å²) in [6.45, 7) is 5.45. The molecular weight excluding hydrogens is 156 g/mol. The predicted octanol–water partition coefficient (Wildman–Crippen LogP) is -0.520. The minimum Gasteiger partial charge on any atom is -0.391 e. The van der Waals surface area contributed by atoms with Crippen molar-refractivity contribution in [2.24, 2.45) is 0 Å². The first-order valence-electron chi connectivity index (χ1n) is 4.14. The van der Waals surface area contributed by atoms with Crippen molar-refractivity contribution in [1.29, 1.82) is 0 Å². The first-order valence-corrected chi connectivity index (χ1v) is 4.14. The maximum absolute atomic E-state index is 11.2. The molecule has 0 unspecified atom stereocenters. The lowest BCUT2D eigenvalue weighted by Crippen LogP contribution is -2.51. The van der Waals surface area contributed by atoms with Crippen LogP contribution in [0.3, 0.4) is 0 Å². The molecule has 0 rings (SSSR count). The van der Waals surface area contributed by atoms with E-state index in [2.05, 4.69) is 10.6 Å². The van der Waals surface area contributed by atoms with Crippen molar-refractivity contribution in [3.63, 3.8) is 0 Å². The minimum absolute atomic E-state index is 0.182. The van der Waals surface area contributed by atoms with Gasteiger partial charge in [-0.05, 0) is 6.92 Å². The topological polar surface area (TPSA) is 61.4 Å². The average molecular weight is 174 g/mol. The molecule has 0 bridgehead atoms. The first-order chi connectivity index (χ1) is 5.49. The standard InChI is InChI=1S/C8H18N2O2/c1-5(2)10-7(6(3)11)8(12)9-4/h5-7,10-11H,1-4H3,(H,9,12)/t6-,7+/m1/s1. The van der Waals surface area contributed by atoms with Crippen LogP contribution in [-0.4, -0.2) is 36.2 Å². The monoisotopic (exact) mass is 174 g/mol. The number of aliphatic hydroxyl groups is 1. The van der Waals surface area contributed by atoms with Crippen LogP contribution >= 0.6 is 0 Å². The average Bonchev–Trinajstić information content (AvgIpc) is 1.98. The molecule has 0 saturated heterocycles. The molecule has 4 nitrogen and oxygen atoms in total. The van der Waals surface area contributed by atoms with E-state index < -0.39 is 12.1 Å². The van der Waals surface area contributed by atoms with Gasteiger partial charge in [0.25, 0.3) is 0 Å². The summed E-state index contributed by atoms with van der Waals surface area (Å²) in [5, 5.41) is 14.7. The summed E-state index contributed by atoms with van der Waals surface area (Å²) in [6.07, 6.45) is -0.674. The van der Waals surface area contributed by atoms with Gasteiger partial charge in [0.1, 0.15) is 6.04 Å². The molecule has 0 fully saturated rings. The predicted molar refractivity (Wildman–Crippen MR) is 47.8 cm³/mol. The fraction of sp³-hybridized carbons (Fsp3) is 0.875. The van der Waals surface area contributed by atoms with Crippen molar-refractivity contribution in [2.45, 2.75) is 39.0 Å². The van der Waals surface area contributed by atoms with Crippen LogP contribution < -0.4 is 10.6 Å². The molecule has 12 heavy (non-hydrogen) atoms. The Morgan fingerprint density at radius 3 is 2.08 bits per heavy atom. The number of carbonyl (C=O) groups is 1. The number of rotatable bonds is 4. The molecule has 2 atom stereocenters. The molecule has 1 amide bonds. The zero-order valence-corrected chi connectivity index (χ0v) is 8.09. The largest absolute Gasteiger partial charge is 0.391 e. The summed E-state index contributed by atoms with van der Waals surface area (Å²) in [4.78, 5) is 11.2. The van der Waals surface area contributed by atoms with Gasteiger partial charge in [-0.1, -0.05) is 13.8 Å². The van der Waals surface area contributed by atoms with Gasteiger partial charge in [0.15, 0.2) is 0 Å². The quantitative estimate of drug-likeness (QED) is 0.537. The number of hydrogen-bond donors (Lipinski definition) is 3. The third-order valence-electron chi connectivity index (χ3n) is 1.52. The molecule has 0 aliphatic carbocycles. The zero-order valence-electron chi connectivity index (χ0n) is 8.09. The highest BCUT2D eigenvalue weighted by Gasteiger charge is 2.22. The lowest BCUT2D eigenvalue weighted by atomic mass is 10.1. The van der Waals surface area contributed by atoms with Gasteiger partial charge in [0, 0.05) is 13.1 Å². The molecule has 0 aromatic rings. The van der Waals surface area contributed by atoms with Gasteiger partial charge in [0.2, 0.25) is 5.91 Å². The molecule has 4 heteroatoms. The van der Waals surface area contributed by atoms with Gasteiger partial charge < -0.3 is 15.7 Å². The number of carbonyl (C=O) groups excluding carboxylic acids is 1. The highest BCUT2D eigenvalue weighted by atomic mass is 16.3. The minimum atomic E-state index is -0.674. The van der Waals surface area contributed by atoms with Crippen LogP contribution in [0.4, 0.5) is 0 Å². The third kappa shape index (κ3) is 3.69. The summed E-state index contributed by atoms with van der Waals surface area (Å²) < 4.78 is 0. The Balaban J connectivity index is 4.13. The third-order valence-corrected chi connectivity index (χ3v) is 1.52. The van der Waals surface area contributed by atoms with E-state index in [-0.39, 0.29) is 11.9 Å². The molecule has 0 radical (unpaired) electrons. The number of nitrogens with one attached hydrogen (secondary N) is 2. The number of hydrogen-bond acceptors (Lipinski definition) is 3. The van der Waals surface area contributed by atoms with Crippen molar-refractivity contribution < 1.29 is 9.90 Å². The van der Waals surface area contributed by atoms with Gasteiger partial charge >= 0.3 is 0 Å². The Labute approximate surface area is 73.3 Å². The highest BCUT2D eigenvalue weighted by Crippen LogP contribution is 1.94. The molecule has 0 saturated carbocycles. The lowest BCUT2D eigenvalue weighted by Gasteiger charge is -2.21. The van der Waals surface area contributed by atoms with Crippen molar-refractivity contribution in [1.82, 2.24) is 10.6 Å². The van der Waals surface area contributed by atoms with E-state index in [9.17, 15) is 9.90 Å². The van der Waals surface area contributed by atoms with Crippen LogP contribution in [0, 0.1) is 0 Å². The Bertz CT molecular complexity index is 146. The van der Waals surface area contributed by atoms with Gasteiger partial charge in [-0.2, -0.15) is 0 Å². The smallest absolute Gasteiger partial charge is 0.239 e. The summed E-state index contributed by atoms with van der Waals surface area (Å²) in [5.74, 6) is -0.182. The maximum atomic E-state index is 11.2. The van der Waals surface area contributed by atoms with E-state index in [0.717, 1.165) is 0 Å². The van der Waals surface area contributed by atoms with Crippen LogP contribution in [0.2, 0.25) is 0 Å². The second kappa shape index (κ2) is 5.11. The zero-order chi connectivity index (χ0) is 9.72. The molecule has 0 aliphatic rings. The number of amides is 1. The highest BCUT2D eigenvalue weighted by molar-refractivity contribution is 5.82. The number of likely N-dealkylation sites (N-methyl/N-ethyl adjacent to an activating group) is 1. The van der Waals surface area contributed by atoms with Crippen LogP contribution in [0.25, 0.3) is 0 Å². The van der Waals surface area contributed by atoms with Crippen LogP contribution in [-0.2, 0) is 4.79 Å². The molecular formula is C8H18N2O2. The van der Waals surface area contributed by atoms with E-state index in [1.54, 1.807) is 14.0 Å².